The SMILES string of the molecule is CC(C)(C)OC(=O)NCCCn1cc2cc(Cl)c(Br)cc2n1. The van der Waals surface area contributed by atoms with Crippen molar-refractivity contribution >= 4 is 44.5 Å². The van der Waals surface area contributed by atoms with E-state index < -0.39 is 11.7 Å². The maximum atomic E-state index is 11.5. The molecule has 0 aliphatic heterocycles. The molecule has 22 heavy (non-hydrogen) atoms. The first-order valence-corrected chi connectivity index (χ1v) is 8.21. The second kappa shape index (κ2) is 6.87. The predicted octanol–water partition coefficient (Wildman–Crippen LogP) is 4.37. The average molecular weight is 389 g/mol. The van der Waals surface area contributed by atoms with Crippen molar-refractivity contribution in [2.75, 3.05) is 6.54 Å². The van der Waals surface area contributed by atoms with Gasteiger partial charge in [0.2, 0.25) is 0 Å². The number of aromatic nitrogens is 2. The van der Waals surface area contributed by atoms with Crippen LogP contribution in [0, 0.1) is 0 Å². The van der Waals surface area contributed by atoms with Crippen molar-refractivity contribution in [2.24, 2.45) is 0 Å². The molecule has 0 unspecified atom stereocenters. The quantitative estimate of drug-likeness (QED) is 0.791. The number of carbonyl (C=O) groups is 1. The maximum Gasteiger partial charge on any atom is 0.407 e. The van der Waals surface area contributed by atoms with E-state index >= 15 is 0 Å². The van der Waals surface area contributed by atoms with Gasteiger partial charge in [0.05, 0.1) is 10.5 Å². The summed E-state index contributed by atoms with van der Waals surface area (Å²) in [6, 6.07) is 3.77. The van der Waals surface area contributed by atoms with Crippen molar-refractivity contribution in [3.05, 3.63) is 27.8 Å². The topological polar surface area (TPSA) is 56.1 Å². The molecule has 0 aliphatic carbocycles. The number of fused-ring (bicyclic) bond motifs is 1. The summed E-state index contributed by atoms with van der Waals surface area (Å²) in [5.41, 5.74) is 0.410. The number of nitrogens with one attached hydrogen (secondary N) is 1. The van der Waals surface area contributed by atoms with Gasteiger partial charge < -0.3 is 10.1 Å². The number of rotatable bonds is 4. The van der Waals surface area contributed by atoms with Crippen LogP contribution in [0.25, 0.3) is 10.9 Å². The van der Waals surface area contributed by atoms with Gasteiger partial charge in [-0.15, -0.1) is 0 Å². The summed E-state index contributed by atoms with van der Waals surface area (Å²) in [4.78, 5) is 11.5. The summed E-state index contributed by atoms with van der Waals surface area (Å²) in [5, 5.41) is 8.86. The van der Waals surface area contributed by atoms with Gasteiger partial charge >= 0.3 is 6.09 Å². The van der Waals surface area contributed by atoms with E-state index in [1.807, 2.05) is 43.8 Å². The minimum absolute atomic E-state index is 0.395. The standard InChI is InChI=1S/C15H19BrClN3O2/c1-15(2,3)22-14(21)18-5-4-6-20-9-10-7-12(17)11(16)8-13(10)19-20/h7-9H,4-6H2,1-3H3,(H,18,21). The molecule has 1 aromatic carbocycles. The number of benzene rings is 1. The Morgan fingerprint density at radius 3 is 2.86 bits per heavy atom. The molecule has 1 heterocycles. The number of hydrogen-bond donors (Lipinski definition) is 1. The van der Waals surface area contributed by atoms with Gasteiger partial charge in [-0.05, 0) is 55.3 Å². The van der Waals surface area contributed by atoms with Crippen molar-refractivity contribution in [1.29, 1.82) is 0 Å². The number of hydrogen-bond acceptors (Lipinski definition) is 3. The number of aryl methyl sites for hydroxylation is 1. The molecular formula is C15H19BrClN3O2. The molecule has 0 spiro atoms. The minimum atomic E-state index is -0.476. The average Bonchev–Trinajstić information content (AvgIpc) is 2.75. The van der Waals surface area contributed by atoms with Crippen LogP contribution < -0.4 is 5.32 Å². The van der Waals surface area contributed by atoms with Gasteiger partial charge in [0.25, 0.3) is 0 Å². The van der Waals surface area contributed by atoms with E-state index in [0.717, 1.165) is 21.8 Å². The molecule has 0 fully saturated rings. The molecule has 120 valence electrons. The normalized spacial score (nSPS) is 11.7. The van der Waals surface area contributed by atoms with E-state index in [1.165, 1.54) is 0 Å². The molecule has 0 atom stereocenters. The monoisotopic (exact) mass is 387 g/mol. The van der Waals surface area contributed by atoms with Crippen LogP contribution in [0.15, 0.2) is 22.8 Å². The summed E-state index contributed by atoms with van der Waals surface area (Å²) in [6.07, 6.45) is 2.32. The van der Waals surface area contributed by atoms with Crippen molar-refractivity contribution in [3.8, 4) is 0 Å². The third kappa shape index (κ3) is 4.88. The number of ether oxygens (including phenoxy) is 1. The Morgan fingerprint density at radius 1 is 1.45 bits per heavy atom. The van der Waals surface area contributed by atoms with Crippen LogP contribution in [0.2, 0.25) is 5.02 Å². The lowest BCUT2D eigenvalue weighted by Crippen LogP contribution is -2.33. The number of amides is 1. The van der Waals surface area contributed by atoms with E-state index in [1.54, 1.807) is 0 Å². The third-order valence-corrected chi connectivity index (χ3v) is 4.02. The molecule has 1 amide bonds. The van der Waals surface area contributed by atoms with Crippen molar-refractivity contribution in [2.45, 2.75) is 39.3 Å². The largest absolute Gasteiger partial charge is 0.444 e. The summed E-state index contributed by atoms with van der Waals surface area (Å²) in [7, 11) is 0. The van der Waals surface area contributed by atoms with Crippen LogP contribution in [0.3, 0.4) is 0 Å². The van der Waals surface area contributed by atoms with Crippen molar-refractivity contribution in [3.63, 3.8) is 0 Å². The second-order valence-electron chi connectivity index (χ2n) is 6.00. The molecule has 5 nitrogen and oxygen atoms in total. The first kappa shape index (κ1) is 17.1. The first-order chi connectivity index (χ1) is 10.2. The van der Waals surface area contributed by atoms with Gasteiger partial charge in [-0.3, -0.25) is 4.68 Å². The predicted molar refractivity (Wildman–Crippen MR) is 91.3 cm³/mol. The van der Waals surface area contributed by atoms with E-state index in [4.69, 9.17) is 16.3 Å². The third-order valence-electron chi connectivity index (χ3n) is 2.83. The van der Waals surface area contributed by atoms with Crippen LogP contribution >= 0.6 is 27.5 Å². The summed E-state index contributed by atoms with van der Waals surface area (Å²) in [6.45, 7) is 6.76. The summed E-state index contributed by atoms with van der Waals surface area (Å²) < 4.78 is 7.86. The molecular weight excluding hydrogens is 370 g/mol. The lowest BCUT2D eigenvalue weighted by molar-refractivity contribution is 0.0526. The molecule has 1 N–H and O–H groups in total. The van der Waals surface area contributed by atoms with Gasteiger partial charge in [-0.25, -0.2) is 4.79 Å². The Morgan fingerprint density at radius 2 is 2.18 bits per heavy atom. The lowest BCUT2D eigenvalue weighted by Gasteiger charge is -2.19. The highest BCUT2D eigenvalue weighted by atomic mass is 79.9. The number of nitrogens with zero attached hydrogens (tertiary/aromatic N) is 2. The van der Waals surface area contributed by atoms with Crippen LogP contribution in [-0.2, 0) is 11.3 Å². The minimum Gasteiger partial charge on any atom is -0.444 e. The molecule has 0 saturated carbocycles. The smallest absolute Gasteiger partial charge is 0.407 e. The molecule has 2 aromatic rings. The van der Waals surface area contributed by atoms with E-state index in [2.05, 4.69) is 26.3 Å². The highest BCUT2D eigenvalue weighted by Crippen LogP contribution is 2.27. The lowest BCUT2D eigenvalue weighted by atomic mass is 10.2. The maximum absolute atomic E-state index is 11.5. The number of carbonyl (C=O) groups excluding carboxylic acids is 1. The number of alkyl carbamates (subject to hydrolysis) is 1. The van der Waals surface area contributed by atoms with Crippen LogP contribution in [-0.4, -0.2) is 28.0 Å². The summed E-state index contributed by atoms with van der Waals surface area (Å²) >= 11 is 9.45. The molecule has 0 bridgehead atoms. The van der Waals surface area contributed by atoms with E-state index in [-0.39, 0.29) is 0 Å². The Balaban J connectivity index is 1.84. The fourth-order valence-electron chi connectivity index (χ4n) is 1.93. The molecule has 0 saturated heterocycles. The molecule has 0 radical (unpaired) electrons. The van der Waals surface area contributed by atoms with Crippen LogP contribution in [0.1, 0.15) is 27.2 Å². The fraction of sp³-hybridized carbons (Fsp3) is 0.467. The molecule has 1 aromatic heterocycles. The fourth-order valence-corrected chi connectivity index (χ4v) is 2.43. The van der Waals surface area contributed by atoms with Gasteiger partial charge in [-0.1, -0.05) is 11.6 Å². The Labute approximate surface area is 143 Å². The van der Waals surface area contributed by atoms with Crippen molar-refractivity contribution in [1.82, 2.24) is 15.1 Å². The first-order valence-electron chi connectivity index (χ1n) is 7.04. The zero-order valence-corrected chi connectivity index (χ0v) is 15.2. The molecule has 7 heteroatoms. The number of halogens is 2. The molecule has 2 rings (SSSR count). The highest BCUT2D eigenvalue weighted by molar-refractivity contribution is 9.10. The summed E-state index contributed by atoms with van der Waals surface area (Å²) in [5.74, 6) is 0. The Hall–Kier alpha value is -1.27. The molecule has 0 aliphatic rings. The zero-order chi connectivity index (χ0) is 16.3. The van der Waals surface area contributed by atoms with Gasteiger partial charge in [0, 0.05) is 29.1 Å². The highest BCUT2D eigenvalue weighted by Gasteiger charge is 2.15. The van der Waals surface area contributed by atoms with Gasteiger partial charge in [0.1, 0.15) is 5.60 Å². The van der Waals surface area contributed by atoms with Crippen molar-refractivity contribution < 1.29 is 9.53 Å². The van der Waals surface area contributed by atoms with Crippen LogP contribution in [0.4, 0.5) is 4.79 Å². The van der Waals surface area contributed by atoms with E-state index in [0.29, 0.717) is 18.1 Å². The van der Waals surface area contributed by atoms with Crippen LogP contribution in [0.5, 0.6) is 0 Å². The van der Waals surface area contributed by atoms with Gasteiger partial charge in [-0.2, -0.15) is 5.10 Å². The Kier molecular flexibility index (Phi) is 5.34. The van der Waals surface area contributed by atoms with Gasteiger partial charge in [0.15, 0.2) is 0 Å². The zero-order valence-electron chi connectivity index (χ0n) is 12.8. The second-order valence-corrected chi connectivity index (χ2v) is 7.26. The van der Waals surface area contributed by atoms with E-state index in [9.17, 15) is 4.79 Å². The Bertz CT molecular complexity index is 640.